The van der Waals surface area contributed by atoms with E-state index in [4.69, 9.17) is 4.74 Å². The van der Waals surface area contributed by atoms with Crippen molar-refractivity contribution < 1.29 is 27.4 Å². The van der Waals surface area contributed by atoms with Crippen LogP contribution in [-0.2, 0) is 10.0 Å². The molecule has 0 aromatic heterocycles. The number of likely N-dealkylation sites (N-methyl/N-ethyl adjacent to an activating group) is 1. The molecule has 208 valence electrons. The number of hydrogen-bond donors (Lipinski definition) is 2. The van der Waals surface area contributed by atoms with E-state index in [0.29, 0.717) is 5.69 Å². The number of aliphatic hydroxyl groups is 1. The molecule has 0 fully saturated rings. The van der Waals surface area contributed by atoms with Crippen molar-refractivity contribution >= 4 is 21.7 Å². The van der Waals surface area contributed by atoms with Crippen LogP contribution in [0.15, 0.2) is 71.6 Å². The van der Waals surface area contributed by atoms with Gasteiger partial charge in [0.25, 0.3) is 0 Å². The molecule has 2 N–H and O–H groups in total. The predicted molar refractivity (Wildman–Crippen MR) is 149 cm³/mol. The number of amides is 2. The van der Waals surface area contributed by atoms with Gasteiger partial charge < -0.3 is 20.1 Å². The minimum atomic E-state index is -3.98. The number of benzene rings is 3. The van der Waals surface area contributed by atoms with E-state index in [1.165, 1.54) is 33.5 Å². The van der Waals surface area contributed by atoms with Gasteiger partial charge in [-0.2, -0.15) is 4.31 Å². The van der Waals surface area contributed by atoms with E-state index in [2.05, 4.69) is 5.32 Å². The number of nitrogens with zero attached hydrogens (tertiary/aromatic N) is 2. The number of rotatable bonds is 6. The topological polar surface area (TPSA) is 99.2 Å². The largest absolute Gasteiger partial charge is 0.487 e. The van der Waals surface area contributed by atoms with Gasteiger partial charge in [-0.3, -0.25) is 0 Å². The smallest absolute Gasteiger partial charge is 0.321 e. The van der Waals surface area contributed by atoms with E-state index in [1.807, 2.05) is 38.1 Å². The molecule has 0 radical (unpaired) electrons. The normalized spacial score (nSPS) is 19.6. The number of halogens is 1. The standard InChI is InChI=1S/C29H34FN3O5S/c1-19-7-5-6-8-25(19)22-9-14-28-26(15-22)38-27(20(2)16-33(21(3)18-34)39(28,36)37)17-32(4)29(35)31-24-12-10-23(30)11-13-24/h5-15,20-21,27,34H,16-18H2,1-4H3,(H,31,35)/t20-,21-,27-/m0/s1. The van der Waals surface area contributed by atoms with Crippen molar-refractivity contribution in [2.24, 2.45) is 5.92 Å². The first-order valence-corrected chi connectivity index (χ1v) is 14.2. The molecule has 8 nitrogen and oxygen atoms in total. The number of ether oxygens (including phenoxy) is 1. The van der Waals surface area contributed by atoms with Crippen LogP contribution in [0.1, 0.15) is 19.4 Å². The maximum atomic E-state index is 13.7. The fourth-order valence-corrected chi connectivity index (χ4v) is 6.44. The highest BCUT2D eigenvalue weighted by molar-refractivity contribution is 7.89. The highest BCUT2D eigenvalue weighted by atomic mass is 32.2. The minimum Gasteiger partial charge on any atom is -0.487 e. The van der Waals surface area contributed by atoms with Gasteiger partial charge in [0.1, 0.15) is 22.6 Å². The van der Waals surface area contributed by atoms with Crippen LogP contribution in [0.4, 0.5) is 14.9 Å². The number of carbonyl (C=O) groups excluding carboxylic acids is 1. The van der Waals surface area contributed by atoms with Gasteiger partial charge in [0.05, 0.1) is 13.2 Å². The SMILES string of the molecule is Cc1ccccc1-c1ccc2c(c1)O[C@@H](CN(C)C(=O)Nc1ccc(F)cc1)[C@@H](C)CN([C@@H](C)CO)S2(=O)=O. The Balaban J connectivity index is 1.69. The lowest BCUT2D eigenvalue weighted by molar-refractivity contribution is 0.0830. The lowest BCUT2D eigenvalue weighted by atomic mass is 10.00. The van der Waals surface area contributed by atoms with E-state index in [1.54, 1.807) is 32.2 Å². The molecule has 0 saturated carbocycles. The highest BCUT2D eigenvalue weighted by Gasteiger charge is 2.38. The Morgan fingerprint density at radius 2 is 1.87 bits per heavy atom. The summed E-state index contributed by atoms with van der Waals surface area (Å²) in [4.78, 5) is 14.4. The Bertz CT molecular complexity index is 1430. The predicted octanol–water partition coefficient (Wildman–Crippen LogP) is 4.73. The summed E-state index contributed by atoms with van der Waals surface area (Å²) in [5.74, 6) is -0.543. The third kappa shape index (κ3) is 6.24. The van der Waals surface area contributed by atoms with Crippen LogP contribution in [0.25, 0.3) is 11.1 Å². The zero-order valence-corrected chi connectivity index (χ0v) is 23.3. The van der Waals surface area contributed by atoms with E-state index < -0.39 is 34.0 Å². The summed E-state index contributed by atoms with van der Waals surface area (Å²) in [6.07, 6.45) is -0.566. The Morgan fingerprint density at radius 3 is 2.54 bits per heavy atom. The molecule has 0 saturated heterocycles. The van der Waals surface area contributed by atoms with Gasteiger partial charge in [0.2, 0.25) is 10.0 Å². The number of sulfonamides is 1. The van der Waals surface area contributed by atoms with Crippen molar-refractivity contribution in [1.82, 2.24) is 9.21 Å². The van der Waals surface area contributed by atoms with Crippen LogP contribution < -0.4 is 10.1 Å². The van der Waals surface area contributed by atoms with Gasteiger partial charge in [0.15, 0.2) is 0 Å². The molecule has 1 aliphatic heterocycles. The van der Waals surface area contributed by atoms with Gasteiger partial charge in [-0.05, 0) is 66.9 Å². The van der Waals surface area contributed by atoms with E-state index >= 15 is 0 Å². The highest BCUT2D eigenvalue weighted by Crippen LogP contribution is 2.37. The number of aliphatic hydroxyl groups excluding tert-OH is 1. The number of carbonyl (C=O) groups is 1. The maximum Gasteiger partial charge on any atom is 0.321 e. The van der Waals surface area contributed by atoms with Crippen LogP contribution in [0.2, 0.25) is 0 Å². The van der Waals surface area contributed by atoms with Gasteiger partial charge in [0, 0.05) is 31.2 Å². The molecule has 3 atom stereocenters. The molecule has 4 rings (SSSR count). The zero-order valence-electron chi connectivity index (χ0n) is 22.5. The Hall–Kier alpha value is -3.47. The number of aryl methyl sites for hydroxylation is 1. The van der Waals surface area contributed by atoms with Crippen molar-refractivity contribution in [3.05, 3.63) is 78.1 Å². The summed E-state index contributed by atoms with van der Waals surface area (Å²) in [5, 5.41) is 12.6. The molecular weight excluding hydrogens is 521 g/mol. The Labute approximate surface area is 229 Å². The van der Waals surface area contributed by atoms with Crippen LogP contribution in [0.3, 0.4) is 0 Å². The lowest BCUT2D eigenvalue weighted by Gasteiger charge is -2.37. The fourth-order valence-electron chi connectivity index (χ4n) is 4.61. The van der Waals surface area contributed by atoms with Crippen LogP contribution >= 0.6 is 0 Å². The number of urea groups is 1. The van der Waals surface area contributed by atoms with E-state index in [0.717, 1.165) is 16.7 Å². The van der Waals surface area contributed by atoms with E-state index in [-0.39, 0.29) is 36.3 Å². The van der Waals surface area contributed by atoms with Crippen molar-refractivity contribution in [3.8, 4) is 16.9 Å². The van der Waals surface area contributed by atoms with Gasteiger partial charge in [-0.1, -0.05) is 37.3 Å². The summed E-state index contributed by atoms with van der Waals surface area (Å²) in [5.41, 5.74) is 3.23. The van der Waals surface area contributed by atoms with Gasteiger partial charge in [-0.15, -0.1) is 0 Å². The third-order valence-corrected chi connectivity index (χ3v) is 9.04. The molecule has 3 aromatic carbocycles. The zero-order chi connectivity index (χ0) is 28.3. The Morgan fingerprint density at radius 1 is 1.18 bits per heavy atom. The summed E-state index contributed by atoms with van der Waals surface area (Å²) >= 11 is 0. The number of fused-ring (bicyclic) bond motifs is 1. The first kappa shape index (κ1) is 28.5. The molecule has 3 aromatic rings. The second kappa shape index (κ2) is 11.7. The minimum absolute atomic E-state index is 0.00968. The average molecular weight is 556 g/mol. The second-order valence-electron chi connectivity index (χ2n) is 10.0. The van der Waals surface area contributed by atoms with E-state index in [9.17, 15) is 22.7 Å². The van der Waals surface area contributed by atoms with Crippen molar-refractivity contribution in [1.29, 1.82) is 0 Å². The molecule has 0 bridgehead atoms. The summed E-state index contributed by atoms with van der Waals surface area (Å²) in [7, 11) is -2.37. The Kier molecular flexibility index (Phi) is 8.58. The monoisotopic (exact) mass is 555 g/mol. The van der Waals surface area contributed by atoms with Gasteiger partial charge in [-0.25, -0.2) is 17.6 Å². The van der Waals surface area contributed by atoms with Gasteiger partial charge >= 0.3 is 6.03 Å². The van der Waals surface area contributed by atoms with Crippen LogP contribution in [0, 0.1) is 18.7 Å². The first-order chi connectivity index (χ1) is 18.5. The molecule has 0 unspecified atom stereocenters. The molecule has 0 aliphatic carbocycles. The first-order valence-electron chi connectivity index (χ1n) is 12.8. The van der Waals surface area contributed by atoms with Crippen molar-refractivity contribution in [2.75, 3.05) is 32.1 Å². The molecule has 1 aliphatic rings. The number of hydrogen-bond acceptors (Lipinski definition) is 5. The molecule has 2 amide bonds. The summed E-state index contributed by atoms with van der Waals surface area (Å²) in [6, 6.07) is 17.2. The second-order valence-corrected chi connectivity index (χ2v) is 11.9. The molecule has 10 heteroatoms. The van der Waals surface area contributed by atoms with Crippen molar-refractivity contribution in [2.45, 2.75) is 37.8 Å². The molecule has 1 heterocycles. The average Bonchev–Trinajstić information content (AvgIpc) is 2.91. The quantitative estimate of drug-likeness (QED) is 0.458. The molecule has 39 heavy (non-hydrogen) atoms. The molecular formula is C29H34FN3O5S. The van der Waals surface area contributed by atoms with Crippen LogP contribution in [0.5, 0.6) is 5.75 Å². The van der Waals surface area contributed by atoms with Crippen molar-refractivity contribution in [3.63, 3.8) is 0 Å². The number of anilines is 1. The van der Waals surface area contributed by atoms with Crippen LogP contribution in [-0.4, -0.2) is 67.7 Å². The summed E-state index contributed by atoms with van der Waals surface area (Å²) < 4.78 is 48.4. The molecule has 0 spiro atoms. The maximum absolute atomic E-state index is 13.7. The number of nitrogens with one attached hydrogen (secondary N) is 1. The fraction of sp³-hybridized carbons (Fsp3) is 0.345. The summed E-state index contributed by atoms with van der Waals surface area (Å²) in [6.45, 7) is 5.41. The lowest BCUT2D eigenvalue weighted by Crippen LogP contribution is -2.50. The third-order valence-electron chi connectivity index (χ3n) is 7.02.